The Morgan fingerprint density at radius 2 is 1.90 bits per heavy atom. The summed E-state index contributed by atoms with van der Waals surface area (Å²) in [4.78, 5) is 0. The zero-order valence-electron chi connectivity index (χ0n) is 10.3. The summed E-state index contributed by atoms with van der Waals surface area (Å²) >= 11 is 6.16. The van der Waals surface area contributed by atoms with E-state index in [9.17, 15) is 4.39 Å². The van der Waals surface area contributed by atoms with Gasteiger partial charge in [0.15, 0.2) is 0 Å². The Morgan fingerprint density at radius 3 is 2.65 bits per heavy atom. The molecular formula is C15H10ClFN2O. The van der Waals surface area contributed by atoms with Crippen LogP contribution in [-0.2, 0) is 0 Å². The van der Waals surface area contributed by atoms with Crippen LogP contribution < -0.4 is 5.73 Å². The number of nitrogens with zero attached hydrogens (tertiary/aromatic N) is 1. The van der Waals surface area contributed by atoms with Crippen molar-refractivity contribution in [2.45, 2.75) is 0 Å². The first-order valence-corrected chi connectivity index (χ1v) is 6.30. The molecule has 3 nitrogen and oxygen atoms in total. The molecule has 3 aromatic rings. The first kappa shape index (κ1) is 12.7. The van der Waals surface area contributed by atoms with Gasteiger partial charge in [-0.2, -0.15) is 0 Å². The van der Waals surface area contributed by atoms with Gasteiger partial charge in [-0.05, 0) is 23.8 Å². The molecule has 0 saturated heterocycles. The lowest BCUT2D eigenvalue weighted by molar-refractivity contribution is 0.439. The average Bonchev–Trinajstić information content (AvgIpc) is 2.81. The molecule has 1 aromatic heterocycles. The van der Waals surface area contributed by atoms with E-state index in [-0.39, 0.29) is 11.7 Å². The van der Waals surface area contributed by atoms with Crippen LogP contribution in [-0.4, -0.2) is 5.16 Å². The number of nitrogens with two attached hydrogens (primary N) is 1. The van der Waals surface area contributed by atoms with Gasteiger partial charge in [0, 0.05) is 5.56 Å². The molecule has 0 saturated carbocycles. The topological polar surface area (TPSA) is 52.0 Å². The third-order valence-electron chi connectivity index (χ3n) is 2.96. The van der Waals surface area contributed by atoms with Crippen LogP contribution in [0, 0.1) is 5.82 Å². The van der Waals surface area contributed by atoms with Crippen LogP contribution in [0.2, 0.25) is 5.02 Å². The van der Waals surface area contributed by atoms with Crippen molar-refractivity contribution in [3.8, 4) is 22.4 Å². The number of anilines is 1. The van der Waals surface area contributed by atoms with Gasteiger partial charge in [-0.25, -0.2) is 4.39 Å². The summed E-state index contributed by atoms with van der Waals surface area (Å²) in [6.45, 7) is 0. The number of aromatic nitrogens is 1. The van der Waals surface area contributed by atoms with Crippen molar-refractivity contribution < 1.29 is 8.91 Å². The minimum Gasteiger partial charge on any atom is -0.367 e. The molecule has 0 aliphatic carbocycles. The number of hydrogen-bond acceptors (Lipinski definition) is 3. The second-order valence-corrected chi connectivity index (χ2v) is 4.67. The lowest BCUT2D eigenvalue weighted by Crippen LogP contribution is -1.89. The van der Waals surface area contributed by atoms with E-state index in [4.69, 9.17) is 21.9 Å². The lowest BCUT2D eigenvalue weighted by atomic mass is 10.0. The SMILES string of the molecule is Nc1onc(-c2ccccc2Cl)c1-c1cccc(F)c1. The molecule has 0 fully saturated rings. The summed E-state index contributed by atoms with van der Waals surface area (Å²) in [5.41, 5.74) is 8.14. The van der Waals surface area contributed by atoms with E-state index in [1.165, 1.54) is 12.1 Å². The van der Waals surface area contributed by atoms with Gasteiger partial charge in [0.25, 0.3) is 0 Å². The minimum atomic E-state index is -0.354. The van der Waals surface area contributed by atoms with E-state index in [0.717, 1.165) is 0 Å². The molecule has 0 aliphatic heterocycles. The molecule has 0 atom stereocenters. The largest absolute Gasteiger partial charge is 0.367 e. The van der Waals surface area contributed by atoms with Crippen molar-refractivity contribution in [3.63, 3.8) is 0 Å². The molecule has 1 heterocycles. The maximum atomic E-state index is 13.4. The van der Waals surface area contributed by atoms with E-state index < -0.39 is 0 Å². The summed E-state index contributed by atoms with van der Waals surface area (Å²) in [5.74, 6) is -0.223. The third kappa shape index (κ3) is 2.14. The Kier molecular flexibility index (Phi) is 3.16. The zero-order chi connectivity index (χ0) is 14.1. The molecule has 2 N–H and O–H groups in total. The fourth-order valence-electron chi connectivity index (χ4n) is 2.06. The van der Waals surface area contributed by atoms with Crippen molar-refractivity contribution in [1.29, 1.82) is 0 Å². The highest BCUT2D eigenvalue weighted by atomic mass is 35.5. The van der Waals surface area contributed by atoms with Gasteiger partial charge in [0.2, 0.25) is 5.88 Å². The molecule has 0 amide bonds. The Balaban J connectivity index is 2.23. The Hall–Kier alpha value is -2.33. The Labute approximate surface area is 119 Å². The van der Waals surface area contributed by atoms with Crippen LogP contribution in [0.1, 0.15) is 0 Å². The quantitative estimate of drug-likeness (QED) is 0.761. The lowest BCUT2D eigenvalue weighted by Gasteiger charge is -2.04. The van der Waals surface area contributed by atoms with E-state index >= 15 is 0 Å². The molecule has 0 aliphatic rings. The van der Waals surface area contributed by atoms with Crippen LogP contribution >= 0.6 is 11.6 Å². The van der Waals surface area contributed by atoms with Gasteiger partial charge in [-0.15, -0.1) is 0 Å². The van der Waals surface area contributed by atoms with Crippen molar-refractivity contribution in [1.82, 2.24) is 5.16 Å². The van der Waals surface area contributed by atoms with Crippen molar-refractivity contribution >= 4 is 17.5 Å². The van der Waals surface area contributed by atoms with E-state index in [2.05, 4.69) is 5.16 Å². The molecule has 20 heavy (non-hydrogen) atoms. The van der Waals surface area contributed by atoms with E-state index in [1.807, 2.05) is 18.2 Å². The number of nitrogen functional groups attached to an aromatic ring is 1. The molecule has 100 valence electrons. The van der Waals surface area contributed by atoms with Gasteiger partial charge in [-0.3, -0.25) is 0 Å². The normalized spacial score (nSPS) is 10.7. The second kappa shape index (κ2) is 4.98. The molecule has 3 rings (SSSR count). The first-order valence-electron chi connectivity index (χ1n) is 5.93. The molecular weight excluding hydrogens is 279 g/mol. The Bertz CT molecular complexity index is 770. The predicted octanol–water partition coefficient (Wildman–Crippen LogP) is 4.38. The summed E-state index contributed by atoms with van der Waals surface area (Å²) in [6, 6.07) is 13.3. The molecule has 0 spiro atoms. The minimum absolute atomic E-state index is 0.130. The summed E-state index contributed by atoms with van der Waals surface area (Å²) in [5, 5.41) is 4.47. The number of halogens is 2. The highest BCUT2D eigenvalue weighted by Gasteiger charge is 2.19. The highest BCUT2D eigenvalue weighted by molar-refractivity contribution is 6.33. The third-order valence-corrected chi connectivity index (χ3v) is 3.29. The van der Waals surface area contributed by atoms with Gasteiger partial charge < -0.3 is 10.3 Å². The standard InChI is InChI=1S/C15H10ClFN2O/c16-12-7-2-1-6-11(12)14-13(15(18)20-19-14)9-4-3-5-10(17)8-9/h1-8H,18H2. The monoisotopic (exact) mass is 288 g/mol. The van der Waals surface area contributed by atoms with Gasteiger partial charge in [0.1, 0.15) is 11.5 Å². The van der Waals surface area contributed by atoms with Crippen LogP contribution in [0.25, 0.3) is 22.4 Å². The van der Waals surface area contributed by atoms with Crippen molar-refractivity contribution in [3.05, 3.63) is 59.4 Å². The van der Waals surface area contributed by atoms with Crippen LogP contribution in [0.5, 0.6) is 0 Å². The van der Waals surface area contributed by atoms with Gasteiger partial charge >= 0.3 is 0 Å². The molecule has 2 aromatic carbocycles. The average molecular weight is 289 g/mol. The van der Waals surface area contributed by atoms with E-state index in [0.29, 0.717) is 27.4 Å². The number of hydrogen-bond donors (Lipinski definition) is 1. The van der Waals surface area contributed by atoms with Crippen molar-refractivity contribution in [2.75, 3.05) is 5.73 Å². The smallest absolute Gasteiger partial charge is 0.230 e. The van der Waals surface area contributed by atoms with Gasteiger partial charge in [-0.1, -0.05) is 47.1 Å². The fourth-order valence-corrected chi connectivity index (χ4v) is 2.29. The summed E-state index contributed by atoms with van der Waals surface area (Å²) < 4.78 is 18.4. The fraction of sp³-hybridized carbons (Fsp3) is 0. The maximum absolute atomic E-state index is 13.4. The van der Waals surface area contributed by atoms with Crippen molar-refractivity contribution in [2.24, 2.45) is 0 Å². The van der Waals surface area contributed by atoms with Crippen LogP contribution in [0.4, 0.5) is 10.3 Å². The summed E-state index contributed by atoms with van der Waals surface area (Å²) in [7, 11) is 0. The predicted molar refractivity (Wildman–Crippen MR) is 76.8 cm³/mol. The Morgan fingerprint density at radius 1 is 1.10 bits per heavy atom. The maximum Gasteiger partial charge on any atom is 0.230 e. The van der Waals surface area contributed by atoms with Crippen LogP contribution in [0.3, 0.4) is 0 Å². The summed E-state index contributed by atoms with van der Waals surface area (Å²) in [6.07, 6.45) is 0. The molecule has 0 bridgehead atoms. The van der Waals surface area contributed by atoms with Crippen LogP contribution in [0.15, 0.2) is 53.1 Å². The number of benzene rings is 2. The molecule has 0 unspecified atom stereocenters. The highest BCUT2D eigenvalue weighted by Crippen LogP contribution is 2.38. The van der Waals surface area contributed by atoms with Gasteiger partial charge in [0.05, 0.1) is 10.6 Å². The zero-order valence-corrected chi connectivity index (χ0v) is 11.1. The second-order valence-electron chi connectivity index (χ2n) is 4.26. The molecule has 0 radical (unpaired) electrons. The molecule has 5 heteroatoms. The van der Waals surface area contributed by atoms with E-state index in [1.54, 1.807) is 18.2 Å². The first-order chi connectivity index (χ1) is 9.66. The number of rotatable bonds is 2.